The number of ether oxygens (including phenoxy) is 1. The number of carbonyl (C=O) groups excluding carboxylic acids is 1. The number of fused-ring (bicyclic) bond motifs is 1. The summed E-state index contributed by atoms with van der Waals surface area (Å²) >= 11 is 0. The van der Waals surface area contributed by atoms with Crippen LogP contribution in [-0.2, 0) is 22.5 Å². The Morgan fingerprint density at radius 3 is 2.81 bits per heavy atom. The number of nitrogens with zero attached hydrogens (tertiary/aromatic N) is 4. The van der Waals surface area contributed by atoms with E-state index < -0.39 is 0 Å². The van der Waals surface area contributed by atoms with E-state index in [0.717, 1.165) is 68.2 Å². The number of hydrogen-bond acceptors (Lipinski definition) is 6. The van der Waals surface area contributed by atoms with Crippen LogP contribution in [0.25, 0.3) is 0 Å². The van der Waals surface area contributed by atoms with Crippen molar-refractivity contribution in [1.29, 1.82) is 0 Å². The first-order chi connectivity index (χ1) is 13.2. The molecule has 1 saturated heterocycles. The molecule has 2 aliphatic heterocycles. The number of morpholine rings is 1. The van der Waals surface area contributed by atoms with Crippen LogP contribution in [0.1, 0.15) is 34.1 Å². The van der Waals surface area contributed by atoms with Gasteiger partial charge in [-0.2, -0.15) is 0 Å². The summed E-state index contributed by atoms with van der Waals surface area (Å²) in [5.74, 6) is 0. The Balaban J connectivity index is 1.54. The normalized spacial score (nSPS) is 19.9. The molecule has 4 heterocycles. The van der Waals surface area contributed by atoms with Crippen molar-refractivity contribution in [2.24, 2.45) is 0 Å². The highest BCUT2D eigenvalue weighted by molar-refractivity contribution is 5.71. The number of rotatable bonds is 5. The first-order valence-corrected chi connectivity index (χ1v) is 9.59. The monoisotopic (exact) mass is 366 g/mol. The molecule has 1 fully saturated rings. The van der Waals surface area contributed by atoms with Gasteiger partial charge in [-0.3, -0.25) is 14.9 Å². The minimum Gasteiger partial charge on any atom is -0.378 e. The van der Waals surface area contributed by atoms with Crippen LogP contribution in [-0.4, -0.2) is 54.0 Å². The van der Waals surface area contributed by atoms with Gasteiger partial charge in [0.05, 0.1) is 24.9 Å². The zero-order chi connectivity index (χ0) is 18.8. The average molecular weight is 366 g/mol. The van der Waals surface area contributed by atoms with E-state index in [4.69, 9.17) is 4.74 Å². The number of anilines is 1. The van der Waals surface area contributed by atoms with Gasteiger partial charge in [-0.1, -0.05) is 6.07 Å². The van der Waals surface area contributed by atoms with Gasteiger partial charge in [-0.15, -0.1) is 0 Å². The van der Waals surface area contributed by atoms with E-state index in [1.165, 1.54) is 11.1 Å². The summed E-state index contributed by atoms with van der Waals surface area (Å²) in [7, 11) is 0. The maximum atomic E-state index is 12.0. The molecule has 0 saturated carbocycles. The Morgan fingerprint density at radius 2 is 2.07 bits per heavy atom. The van der Waals surface area contributed by atoms with Crippen molar-refractivity contribution in [3.05, 3.63) is 52.6 Å². The molecule has 1 unspecified atom stereocenters. The summed E-state index contributed by atoms with van der Waals surface area (Å²) in [6.45, 7) is 8.82. The molecule has 0 N–H and O–H groups in total. The summed E-state index contributed by atoms with van der Waals surface area (Å²) in [5.41, 5.74) is 6.71. The van der Waals surface area contributed by atoms with Crippen LogP contribution in [0.2, 0.25) is 0 Å². The molecule has 6 nitrogen and oxygen atoms in total. The molecule has 27 heavy (non-hydrogen) atoms. The van der Waals surface area contributed by atoms with Gasteiger partial charge < -0.3 is 14.4 Å². The lowest BCUT2D eigenvalue weighted by molar-refractivity contribution is -0.112. The Morgan fingerprint density at radius 1 is 1.26 bits per heavy atom. The van der Waals surface area contributed by atoms with Crippen molar-refractivity contribution in [1.82, 2.24) is 14.9 Å². The molecule has 0 spiro atoms. The average Bonchev–Trinajstić information content (AvgIpc) is 3.05. The fraction of sp³-hybridized carbons (Fsp3) is 0.476. The lowest BCUT2D eigenvalue weighted by Crippen LogP contribution is -2.37. The van der Waals surface area contributed by atoms with E-state index in [9.17, 15) is 4.79 Å². The van der Waals surface area contributed by atoms with Gasteiger partial charge >= 0.3 is 0 Å². The molecular formula is C21H26N4O2. The first kappa shape index (κ1) is 18.1. The number of pyridine rings is 2. The van der Waals surface area contributed by atoms with Crippen LogP contribution in [0.3, 0.4) is 0 Å². The summed E-state index contributed by atoms with van der Waals surface area (Å²) in [4.78, 5) is 25.7. The van der Waals surface area contributed by atoms with Crippen LogP contribution < -0.4 is 4.90 Å². The fourth-order valence-electron chi connectivity index (χ4n) is 4.13. The second-order valence-electron chi connectivity index (χ2n) is 7.37. The van der Waals surface area contributed by atoms with Crippen molar-refractivity contribution in [3.63, 3.8) is 0 Å². The highest BCUT2D eigenvalue weighted by Gasteiger charge is 2.34. The van der Waals surface area contributed by atoms with Crippen LogP contribution in [0.5, 0.6) is 0 Å². The Hall–Kier alpha value is -2.31. The van der Waals surface area contributed by atoms with Crippen molar-refractivity contribution >= 4 is 12.0 Å². The highest BCUT2D eigenvalue weighted by atomic mass is 16.5. The van der Waals surface area contributed by atoms with E-state index in [0.29, 0.717) is 6.54 Å². The zero-order valence-corrected chi connectivity index (χ0v) is 16.0. The van der Waals surface area contributed by atoms with Crippen molar-refractivity contribution < 1.29 is 9.53 Å². The molecule has 0 aliphatic carbocycles. The maximum absolute atomic E-state index is 12.0. The molecule has 142 valence electrons. The molecule has 2 aliphatic rings. The van der Waals surface area contributed by atoms with Crippen LogP contribution in [0, 0.1) is 13.8 Å². The number of carbonyl (C=O) groups is 1. The minimum atomic E-state index is -0.239. The lowest BCUT2D eigenvalue weighted by Gasteiger charge is -2.31. The number of aryl methyl sites for hydroxylation is 2. The van der Waals surface area contributed by atoms with Crippen molar-refractivity contribution in [2.75, 3.05) is 37.7 Å². The largest absolute Gasteiger partial charge is 0.378 e. The summed E-state index contributed by atoms with van der Waals surface area (Å²) in [5, 5.41) is 0. The minimum absolute atomic E-state index is 0.239. The molecule has 0 radical (unpaired) electrons. The van der Waals surface area contributed by atoms with E-state index in [2.05, 4.69) is 39.7 Å². The van der Waals surface area contributed by atoms with E-state index in [1.807, 2.05) is 18.5 Å². The Labute approximate surface area is 160 Å². The third-order valence-electron chi connectivity index (χ3n) is 5.53. The van der Waals surface area contributed by atoms with Gasteiger partial charge in [-0.05, 0) is 31.0 Å². The predicted octanol–water partition coefficient (Wildman–Crippen LogP) is 2.23. The molecule has 1 atom stereocenters. The topological polar surface area (TPSA) is 58.6 Å². The van der Waals surface area contributed by atoms with Crippen molar-refractivity contribution in [2.45, 2.75) is 32.9 Å². The fourth-order valence-corrected chi connectivity index (χ4v) is 4.13. The second kappa shape index (κ2) is 7.74. The maximum Gasteiger partial charge on any atom is 0.141 e. The van der Waals surface area contributed by atoms with E-state index in [-0.39, 0.29) is 6.04 Å². The molecular weight excluding hydrogens is 340 g/mol. The lowest BCUT2D eigenvalue weighted by atomic mass is 10.1. The van der Waals surface area contributed by atoms with E-state index >= 15 is 0 Å². The smallest absolute Gasteiger partial charge is 0.141 e. The van der Waals surface area contributed by atoms with Gasteiger partial charge in [0, 0.05) is 61.9 Å². The van der Waals surface area contributed by atoms with Crippen LogP contribution in [0.15, 0.2) is 24.5 Å². The number of aldehydes is 1. The number of aromatic nitrogens is 2. The third kappa shape index (κ3) is 3.59. The van der Waals surface area contributed by atoms with E-state index in [1.54, 1.807) is 0 Å². The highest BCUT2D eigenvalue weighted by Crippen LogP contribution is 2.38. The van der Waals surface area contributed by atoms with Gasteiger partial charge in [-0.25, -0.2) is 0 Å². The molecule has 0 amide bonds. The summed E-state index contributed by atoms with van der Waals surface area (Å²) < 4.78 is 5.48. The quantitative estimate of drug-likeness (QED) is 0.757. The number of hydrogen-bond donors (Lipinski definition) is 0. The summed E-state index contributed by atoms with van der Waals surface area (Å²) in [6.07, 6.45) is 5.67. The Bertz CT molecular complexity index is 833. The molecule has 2 aromatic heterocycles. The SMILES string of the molecule is Cc1cnc(CCN2Cc3nccc(N4CCOCC4)c3C2C=O)c(C)c1. The zero-order valence-electron chi connectivity index (χ0n) is 16.0. The van der Waals surface area contributed by atoms with Gasteiger partial charge in [0.25, 0.3) is 0 Å². The summed E-state index contributed by atoms with van der Waals surface area (Å²) in [6, 6.07) is 3.96. The standard InChI is InChI=1S/C21H26N4O2/c1-15-11-16(2)17(23-12-15)4-6-25-13-18-21(20(25)14-26)19(3-5-22-18)24-7-9-27-10-8-24/h3,5,11-12,14,20H,4,6-10,13H2,1-2H3. The van der Waals surface area contributed by atoms with Gasteiger partial charge in [0.2, 0.25) is 0 Å². The predicted molar refractivity (Wildman–Crippen MR) is 104 cm³/mol. The second-order valence-corrected chi connectivity index (χ2v) is 7.37. The van der Waals surface area contributed by atoms with Crippen LogP contribution in [0.4, 0.5) is 5.69 Å². The molecule has 6 heteroatoms. The molecule has 0 aromatic carbocycles. The molecule has 4 rings (SSSR count). The Kier molecular flexibility index (Phi) is 5.18. The van der Waals surface area contributed by atoms with Crippen molar-refractivity contribution in [3.8, 4) is 0 Å². The first-order valence-electron chi connectivity index (χ1n) is 9.59. The molecule has 0 bridgehead atoms. The van der Waals surface area contributed by atoms with Gasteiger partial charge in [0.15, 0.2) is 0 Å². The van der Waals surface area contributed by atoms with Gasteiger partial charge in [0.1, 0.15) is 6.29 Å². The molecule has 2 aromatic rings. The van der Waals surface area contributed by atoms with Crippen LogP contribution >= 0.6 is 0 Å². The third-order valence-corrected chi connectivity index (χ3v) is 5.53.